The number of rotatable bonds is 4. The van der Waals surface area contributed by atoms with E-state index >= 15 is 0 Å². The zero-order chi connectivity index (χ0) is 18.0. The van der Waals surface area contributed by atoms with E-state index < -0.39 is 5.97 Å². The van der Waals surface area contributed by atoms with Gasteiger partial charge in [0.25, 0.3) is 0 Å². The number of hydrogen-bond donors (Lipinski definition) is 1. The van der Waals surface area contributed by atoms with Gasteiger partial charge in [-0.25, -0.2) is 4.79 Å². The van der Waals surface area contributed by atoms with Crippen LogP contribution in [0, 0.1) is 13.8 Å². The summed E-state index contributed by atoms with van der Waals surface area (Å²) in [5.41, 5.74) is 5.14. The largest absolute Gasteiger partial charge is 0.423 e. The lowest BCUT2D eigenvalue weighted by Crippen LogP contribution is -2.11. The van der Waals surface area contributed by atoms with Crippen molar-refractivity contribution in [2.45, 2.75) is 27.2 Å². The Hall–Kier alpha value is -2.40. The number of nitrogens with zero attached hydrogens (tertiary/aromatic N) is 1. The molecule has 1 heterocycles. The van der Waals surface area contributed by atoms with Crippen LogP contribution in [0.3, 0.4) is 0 Å². The number of aryl methyl sites for hydroxylation is 1. The second kappa shape index (κ2) is 7.23. The number of H-pyrrole nitrogens is 1. The third kappa shape index (κ3) is 3.37. The van der Waals surface area contributed by atoms with Gasteiger partial charge in [-0.1, -0.05) is 53.2 Å². The number of ether oxygens (including phenoxy) is 1. The number of carbonyl (C=O) groups is 1. The summed E-state index contributed by atoms with van der Waals surface area (Å²) in [4.78, 5) is 12.8. The Morgan fingerprint density at radius 3 is 2.64 bits per heavy atom. The molecule has 0 fully saturated rings. The summed E-state index contributed by atoms with van der Waals surface area (Å²) in [5.74, 6) is 0.189. The van der Waals surface area contributed by atoms with E-state index in [1.54, 1.807) is 0 Å². The zero-order valence-electron chi connectivity index (χ0n) is 14.4. The van der Waals surface area contributed by atoms with Crippen molar-refractivity contribution in [2.24, 2.45) is 0 Å². The SMILES string of the molecule is CCc1c(OC(=O)c2cn[nH]c2-c2ccccc2)cc(C)c(Br)c1C. The normalized spacial score (nSPS) is 10.7. The Bertz CT molecular complexity index is 917. The molecule has 0 bridgehead atoms. The molecule has 4 nitrogen and oxygen atoms in total. The Kier molecular flexibility index (Phi) is 5.04. The van der Waals surface area contributed by atoms with Gasteiger partial charge < -0.3 is 4.74 Å². The first kappa shape index (κ1) is 17.4. The van der Waals surface area contributed by atoms with Crippen molar-refractivity contribution in [2.75, 3.05) is 0 Å². The van der Waals surface area contributed by atoms with E-state index in [0.29, 0.717) is 17.0 Å². The molecule has 1 aromatic heterocycles. The third-order valence-corrected chi connectivity index (χ3v) is 5.47. The molecule has 0 radical (unpaired) electrons. The number of carbonyl (C=O) groups excluding carboxylic acids is 1. The van der Waals surface area contributed by atoms with Crippen molar-refractivity contribution in [3.05, 3.63) is 69.3 Å². The number of aromatic nitrogens is 2. The fourth-order valence-electron chi connectivity index (χ4n) is 2.91. The van der Waals surface area contributed by atoms with Gasteiger partial charge in [0.1, 0.15) is 11.3 Å². The Morgan fingerprint density at radius 1 is 1.24 bits per heavy atom. The van der Waals surface area contributed by atoms with E-state index in [9.17, 15) is 4.79 Å². The molecule has 0 aliphatic rings. The van der Waals surface area contributed by atoms with Crippen LogP contribution < -0.4 is 4.74 Å². The lowest BCUT2D eigenvalue weighted by Gasteiger charge is -2.15. The van der Waals surface area contributed by atoms with Gasteiger partial charge in [-0.15, -0.1) is 0 Å². The van der Waals surface area contributed by atoms with Gasteiger partial charge in [-0.05, 0) is 43.0 Å². The fraction of sp³-hybridized carbons (Fsp3) is 0.200. The smallest absolute Gasteiger partial charge is 0.347 e. The summed E-state index contributed by atoms with van der Waals surface area (Å²) in [6.45, 7) is 6.07. The highest BCUT2D eigenvalue weighted by molar-refractivity contribution is 9.10. The molecule has 5 heteroatoms. The topological polar surface area (TPSA) is 55.0 Å². The van der Waals surface area contributed by atoms with Crippen LogP contribution in [0.5, 0.6) is 5.75 Å². The van der Waals surface area contributed by atoms with Crippen molar-refractivity contribution in [3.8, 4) is 17.0 Å². The molecule has 0 aliphatic carbocycles. The molecular weight excluding hydrogens is 380 g/mol. The highest BCUT2D eigenvalue weighted by atomic mass is 79.9. The van der Waals surface area contributed by atoms with Crippen LogP contribution in [0.4, 0.5) is 0 Å². The van der Waals surface area contributed by atoms with E-state index in [1.807, 2.05) is 50.2 Å². The van der Waals surface area contributed by atoms with Gasteiger partial charge in [0, 0.05) is 10.0 Å². The molecule has 1 N–H and O–H groups in total. The summed E-state index contributed by atoms with van der Waals surface area (Å²) in [6.07, 6.45) is 2.29. The van der Waals surface area contributed by atoms with E-state index in [4.69, 9.17) is 4.74 Å². The molecule has 3 rings (SSSR count). The van der Waals surface area contributed by atoms with Crippen LogP contribution in [-0.2, 0) is 6.42 Å². The van der Waals surface area contributed by atoms with Crippen molar-refractivity contribution in [3.63, 3.8) is 0 Å². The maximum absolute atomic E-state index is 12.8. The fourth-order valence-corrected chi connectivity index (χ4v) is 3.27. The van der Waals surface area contributed by atoms with Crippen molar-refractivity contribution in [1.29, 1.82) is 0 Å². The second-order valence-corrected chi connectivity index (χ2v) is 6.67. The standard InChI is InChI=1S/C20H19BrN2O2/c1-4-15-13(3)18(21)12(2)10-17(15)25-20(24)16-11-22-23-19(16)14-8-6-5-7-9-14/h5-11H,4H2,1-3H3,(H,22,23). The molecule has 0 aliphatic heterocycles. The lowest BCUT2D eigenvalue weighted by molar-refractivity contribution is 0.0734. The molecule has 3 aromatic rings. The Balaban J connectivity index is 1.96. The van der Waals surface area contributed by atoms with Gasteiger partial charge in [0.15, 0.2) is 0 Å². The lowest BCUT2D eigenvalue weighted by atomic mass is 10.0. The quantitative estimate of drug-likeness (QED) is 0.482. The van der Waals surface area contributed by atoms with Gasteiger partial charge in [-0.2, -0.15) is 5.10 Å². The highest BCUT2D eigenvalue weighted by Gasteiger charge is 2.20. The number of benzene rings is 2. The number of halogens is 1. The first-order valence-electron chi connectivity index (χ1n) is 8.12. The molecule has 128 valence electrons. The van der Waals surface area contributed by atoms with Crippen LogP contribution in [0.2, 0.25) is 0 Å². The molecule has 25 heavy (non-hydrogen) atoms. The van der Waals surface area contributed by atoms with E-state index in [-0.39, 0.29) is 0 Å². The van der Waals surface area contributed by atoms with Crippen LogP contribution >= 0.6 is 15.9 Å². The maximum atomic E-state index is 12.8. The van der Waals surface area contributed by atoms with Crippen molar-refractivity contribution < 1.29 is 9.53 Å². The summed E-state index contributed by atoms with van der Waals surface area (Å²) < 4.78 is 6.79. The number of hydrogen-bond acceptors (Lipinski definition) is 3. The van der Waals surface area contributed by atoms with Crippen molar-refractivity contribution in [1.82, 2.24) is 10.2 Å². The van der Waals surface area contributed by atoms with Crippen LogP contribution in [-0.4, -0.2) is 16.2 Å². The Morgan fingerprint density at radius 2 is 1.96 bits per heavy atom. The first-order chi connectivity index (χ1) is 12.0. The average Bonchev–Trinajstić information content (AvgIpc) is 3.11. The van der Waals surface area contributed by atoms with Gasteiger partial charge >= 0.3 is 5.97 Å². The van der Waals surface area contributed by atoms with Crippen LogP contribution in [0.25, 0.3) is 11.3 Å². The number of aromatic amines is 1. The monoisotopic (exact) mass is 398 g/mol. The number of esters is 1. The highest BCUT2D eigenvalue weighted by Crippen LogP contribution is 2.33. The van der Waals surface area contributed by atoms with E-state index in [1.165, 1.54) is 6.20 Å². The van der Waals surface area contributed by atoms with Crippen molar-refractivity contribution >= 4 is 21.9 Å². The third-order valence-electron chi connectivity index (χ3n) is 4.25. The maximum Gasteiger partial charge on any atom is 0.347 e. The first-order valence-corrected chi connectivity index (χ1v) is 8.91. The van der Waals surface area contributed by atoms with Gasteiger partial charge in [0.2, 0.25) is 0 Å². The van der Waals surface area contributed by atoms with Gasteiger partial charge in [-0.3, -0.25) is 5.10 Å². The minimum absolute atomic E-state index is 0.413. The molecule has 0 amide bonds. The summed E-state index contributed by atoms with van der Waals surface area (Å²) in [5, 5.41) is 6.91. The Labute approximate surface area is 155 Å². The molecular formula is C20H19BrN2O2. The van der Waals surface area contributed by atoms with Crippen LogP contribution in [0.1, 0.15) is 34.0 Å². The predicted molar refractivity (Wildman–Crippen MR) is 102 cm³/mol. The minimum atomic E-state index is -0.413. The number of nitrogens with one attached hydrogen (secondary N) is 1. The average molecular weight is 399 g/mol. The molecule has 0 atom stereocenters. The summed E-state index contributed by atoms with van der Waals surface area (Å²) in [7, 11) is 0. The zero-order valence-corrected chi connectivity index (χ0v) is 16.0. The van der Waals surface area contributed by atoms with Gasteiger partial charge in [0.05, 0.1) is 11.9 Å². The van der Waals surface area contributed by atoms with Crippen LogP contribution in [0.15, 0.2) is 47.1 Å². The molecule has 0 saturated heterocycles. The van der Waals surface area contributed by atoms with E-state index in [0.717, 1.165) is 33.1 Å². The van der Waals surface area contributed by atoms with E-state index in [2.05, 4.69) is 33.1 Å². The molecule has 0 unspecified atom stereocenters. The minimum Gasteiger partial charge on any atom is -0.423 e. The second-order valence-electron chi connectivity index (χ2n) is 5.88. The molecule has 0 saturated carbocycles. The molecule has 2 aromatic carbocycles. The molecule has 0 spiro atoms. The summed E-state index contributed by atoms with van der Waals surface area (Å²) in [6, 6.07) is 11.5. The predicted octanol–water partition coefficient (Wildman–Crippen LogP) is 5.24. The summed E-state index contributed by atoms with van der Waals surface area (Å²) >= 11 is 3.60.